The van der Waals surface area contributed by atoms with Gasteiger partial charge in [-0.1, -0.05) is 0 Å². The summed E-state index contributed by atoms with van der Waals surface area (Å²) in [5.41, 5.74) is 4.64. The van der Waals surface area contributed by atoms with Crippen LogP contribution in [0.25, 0.3) is 0 Å². The number of hydrogen-bond donors (Lipinski definition) is 2. The highest BCUT2D eigenvalue weighted by molar-refractivity contribution is 5.72. The van der Waals surface area contributed by atoms with Gasteiger partial charge in [-0.05, 0) is 0 Å². The van der Waals surface area contributed by atoms with Crippen LogP contribution in [0.3, 0.4) is 0 Å². The second-order valence-electron chi connectivity index (χ2n) is 3.61. The number of amides is 1. The average molecular weight is 224 g/mol. The zero-order chi connectivity index (χ0) is 11.7. The Kier molecular flexibility index (Phi) is 2.61. The fourth-order valence-electron chi connectivity index (χ4n) is 1.76. The molecule has 1 aromatic heterocycles. The maximum absolute atomic E-state index is 11.6. The Morgan fingerprint density at radius 1 is 1.38 bits per heavy atom. The number of carbonyl (C=O) groups excluding carboxylic acids is 1. The van der Waals surface area contributed by atoms with E-state index in [4.69, 9.17) is 0 Å². The molecule has 0 radical (unpaired) electrons. The van der Waals surface area contributed by atoms with Crippen molar-refractivity contribution in [2.75, 3.05) is 0 Å². The quantitative estimate of drug-likeness (QED) is 0.602. The van der Waals surface area contributed by atoms with Gasteiger partial charge in [0.15, 0.2) is 0 Å². The monoisotopic (exact) mass is 224 g/mol. The van der Waals surface area contributed by atoms with Crippen LogP contribution in [-0.2, 0) is 11.3 Å². The summed E-state index contributed by atoms with van der Waals surface area (Å²) in [6.07, 6.45) is 0.213. The van der Waals surface area contributed by atoms with Gasteiger partial charge in [0.05, 0.1) is 0 Å². The van der Waals surface area contributed by atoms with Crippen LogP contribution in [0.4, 0.5) is 0 Å². The first-order valence-corrected chi connectivity index (χ1v) is 4.94. The van der Waals surface area contributed by atoms with Crippen molar-refractivity contribution in [2.24, 2.45) is 0 Å². The minimum atomic E-state index is -0.370. The molecule has 2 rings (SSSR count). The van der Waals surface area contributed by atoms with Crippen molar-refractivity contribution < 1.29 is 4.79 Å². The van der Waals surface area contributed by atoms with Gasteiger partial charge in [-0.25, -0.2) is 14.8 Å². The SMILES string of the molecule is CC(=O)NNC1CCn2c(=O)ccc(=O)n21. The maximum atomic E-state index is 11.6. The average Bonchev–Trinajstić information content (AvgIpc) is 2.65. The lowest BCUT2D eigenvalue weighted by molar-refractivity contribution is -0.120. The van der Waals surface area contributed by atoms with Crippen molar-refractivity contribution in [1.29, 1.82) is 0 Å². The van der Waals surface area contributed by atoms with Crippen molar-refractivity contribution in [3.8, 4) is 0 Å². The summed E-state index contributed by atoms with van der Waals surface area (Å²) in [6, 6.07) is 2.48. The van der Waals surface area contributed by atoms with E-state index in [1.165, 1.54) is 28.4 Å². The Labute approximate surface area is 90.6 Å². The molecule has 0 aliphatic carbocycles. The van der Waals surface area contributed by atoms with Gasteiger partial charge in [0.2, 0.25) is 5.91 Å². The fourth-order valence-corrected chi connectivity index (χ4v) is 1.76. The van der Waals surface area contributed by atoms with Gasteiger partial charge >= 0.3 is 0 Å². The molecule has 86 valence electrons. The number of nitrogens with zero attached hydrogens (tertiary/aromatic N) is 2. The molecule has 0 bridgehead atoms. The second-order valence-corrected chi connectivity index (χ2v) is 3.61. The van der Waals surface area contributed by atoms with Crippen LogP contribution >= 0.6 is 0 Å². The number of aromatic nitrogens is 2. The molecule has 0 saturated carbocycles. The van der Waals surface area contributed by atoms with Crippen LogP contribution in [0.15, 0.2) is 21.7 Å². The highest BCUT2D eigenvalue weighted by Crippen LogP contribution is 2.11. The van der Waals surface area contributed by atoms with E-state index in [1.54, 1.807) is 0 Å². The molecule has 2 heterocycles. The van der Waals surface area contributed by atoms with E-state index in [-0.39, 0.29) is 23.2 Å². The minimum Gasteiger partial charge on any atom is -0.290 e. The predicted octanol–water partition coefficient (Wildman–Crippen LogP) is -1.45. The van der Waals surface area contributed by atoms with Crippen molar-refractivity contribution in [3.05, 3.63) is 32.8 Å². The molecule has 1 aliphatic heterocycles. The van der Waals surface area contributed by atoms with Crippen LogP contribution in [0.2, 0.25) is 0 Å². The van der Waals surface area contributed by atoms with E-state index >= 15 is 0 Å². The van der Waals surface area contributed by atoms with Crippen molar-refractivity contribution in [2.45, 2.75) is 26.1 Å². The summed E-state index contributed by atoms with van der Waals surface area (Å²) in [7, 11) is 0. The maximum Gasteiger partial charge on any atom is 0.266 e. The molecule has 1 amide bonds. The van der Waals surface area contributed by atoms with Crippen LogP contribution in [0.1, 0.15) is 19.5 Å². The third-order valence-electron chi connectivity index (χ3n) is 2.43. The van der Waals surface area contributed by atoms with Crippen molar-refractivity contribution >= 4 is 5.91 Å². The molecule has 0 spiro atoms. The van der Waals surface area contributed by atoms with E-state index in [1.807, 2.05) is 0 Å². The highest BCUT2D eigenvalue weighted by Gasteiger charge is 2.23. The molecular weight excluding hydrogens is 212 g/mol. The summed E-state index contributed by atoms with van der Waals surface area (Å²) in [6.45, 7) is 1.83. The lowest BCUT2D eigenvalue weighted by atomic mass is 10.4. The van der Waals surface area contributed by atoms with E-state index in [0.29, 0.717) is 13.0 Å². The molecular formula is C9H12N4O3. The van der Waals surface area contributed by atoms with Gasteiger partial charge < -0.3 is 0 Å². The lowest BCUT2D eigenvalue weighted by Gasteiger charge is -2.15. The Morgan fingerprint density at radius 3 is 2.75 bits per heavy atom. The Balaban J connectivity index is 2.32. The Bertz CT molecular complexity index is 530. The third kappa shape index (κ3) is 1.76. The number of hydrazine groups is 1. The van der Waals surface area contributed by atoms with Crippen LogP contribution in [0.5, 0.6) is 0 Å². The molecule has 1 aromatic rings. The molecule has 2 N–H and O–H groups in total. The van der Waals surface area contributed by atoms with E-state index in [9.17, 15) is 14.4 Å². The first-order chi connectivity index (χ1) is 7.59. The number of carbonyl (C=O) groups is 1. The smallest absolute Gasteiger partial charge is 0.266 e. The lowest BCUT2D eigenvalue weighted by Crippen LogP contribution is -2.44. The predicted molar refractivity (Wildman–Crippen MR) is 55.6 cm³/mol. The molecule has 1 atom stereocenters. The molecule has 7 nitrogen and oxygen atoms in total. The topological polar surface area (TPSA) is 85.1 Å². The third-order valence-corrected chi connectivity index (χ3v) is 2.43. The molecule has 7 heteroatoms. The van der Waals surface area contributed by atoms with E-state index in [0.717, 1.165) is 0 Å². The van der Waals surface area contributed by atoms with Gasteiger partial charge in [0, 0.05) is 32.0 Å². The highest BCUT2D eigenvalue weighted by atomic mass is 16.2. The molecule has 0 aromatic carbocycles. The number of rotatable bonds is 2. The summed E-state index contributed by atoms with van der Waals surface area (Å²) >= 11 is 0. The first kappa shape index (κ1) is 10.6. The van der Waals surface area contributed by atoms with E-state index in [2.05, 4.69) is 10.9 Å². The van der Waals surface area contributed by atoms with Crippen LogP contribution < -0.4 is 22.0 Å². The van der Waals surface area contributed by atoms with Gasteiger partial charge in [-0.3, -0.25) is 19.8 Å². The molecule has 1 unspecified atom stereocenters. The summed E-state index contributed by atoms with van der Waals surface area (Å²) < 4.78 is 2.68. The number of nitrogens with one attached hydrogen (secondary N) is 2. The van der Waals surface area contributed by atoms with Crippen LogP contribution in [0, 0.1) is 0 Å². The molecule has 0 saturated heterocycles. The van der Waals surface area contributed by atoms with Gasteiger partial charge in [0.1, 0.15) is 6.17 Å². The summed E-state index contributed by atoms with van der Waals surface area (Å²) in [4.78, 5) is 33.7. The Hall–Kier alpha value is -1.89. The zero-order valence-electron chi connectivity index (χ0n) is 8.77. The largest absolute Gasteiger partial charge is 0.290 e. The minimum absolute atomic E-state index is 0.216. The Morgan fingerprint density at radius 2 is 2.06 bits per heavy atom. The summed E-state index contributed by atoms with van der Waals surface area (Å²) in [5, 5.41) is 0. The van der Waals surface area contributed by atoms with Crippen molar-refractivity contribution in [1.82, 2.24) is 20.2 Å². The first-order valence-electron chi connectivity index (χ1n) is 4.94. The standard InChI is InChI=1S/C9H12N4O3/c1-6(14)10-11-7-4-5-12-8(15)2-3-9(16)13(7)12/h2-3,7,11H,4-5H2,1H3,(H,10,14). The summed E-state index contributed by atoms with van der Waals surface area (Å²) in [5.74, 6) is -0.246. The van der Waals surface area contributed by atoms with E-state index < -0.39 is 0 Å². The zero-order valence-corrected chi connectivity index (χ0v) is 8.77. The van der Waals surface area contributed by atoms with Crippen molar-refractivity contribution in [3.63, 3.8) is 0 Å². The van der Waals surface area contributed by atoms with Gasteiger partial charge in [-0.15, -0.1) is 0 Å². The molecule has 16 heavy (non-hydrogen) atoms. The normalized spacial score (nSPS) is 18.2. The van der Waals surface area contributed by atoms with Crippen LogP contribution in [-0.4, -0.2) is 15.3 Å². The van der Waals surface area contributed by atoms with Gasteiger partial charge in [-0.2, -0.15) is 0 Å². The molecule has 1 aliphatic rings. The number of fused-ring (bicyclic) bond motifs is 1. The molecule has 0 fully saturated rings. The van der Waals surface area contributed by atoms with Gasteiger partial charge in [0.25, 0.3) is 11.1 Å². The number of hydrogen-bond acceptors (Lipinski definition) is 4. The second kappa shape index (κ2) is 3.93. The fraction of sp³-hybridized carbons (Fsp3) is 0.444.